The summed E-state index contributed by atoms with van der Waals surface area (Å²) in [5, 5.41) is 2.54. The lowest BCUT2D eigenvalue weighted by atomic mass is 9.95. The van der Waals surface area contributed by atoms with Crippen LogP contribution in [0.5, 0.6) is 5.75 Å². The summed E-state index contributed by atoms with van der Waals surface area (Å²) in [6, 6.07) is 9.81. The van der Waals surface area contributed by atoms with Gasteiger partial charge in [-0.05, 0) is 48.7 Å². The fraction of sp³-hybridized carbons (Fsp3) is 0.278. The Morgan fingerprint density at radius 3 is 2.39 bits per heavy atom. The predicted molar refractivity (Wildman–Crippen MR) is 99.9 cm³/mol. The van der Waals surface area contributed by atoms with Crippen LogP contribution in [-0.2, 0) is 20.0 Å². The average Bonchev–Trinajstić information content (AvgIpc) is 3.42. The fourth-order valence-corrected chi connectivity index (χ4v) is 4.07. The van der Waals surface area contributed by atoms with Crippen LogP contribution < -0.4 is 10.1 Å². The van der Waals surface area contributed by atoms with Gasteiger partial charge in [-0.2, -0.15) is 13.2 Å². The van der Waals surface area contributed by atoms with Crippen LogP contribution in [0.1, 0.15) is 18.4 Å². The molecule has 0 spiro atoms. The van der Waals surface area contributed by atoms with Crippen molar-refractivity contribution in [2.75, 3.05) is 12.4 Å². The number of hydrogen-bond acceptors (Lipinski definition) is 4. The standard InChI is InChI=1S/C18H15BrF3NO4S/c1-27-15-6-5-13(28(25,26)18(20,21)22)10-14(15)23-16(24)17(7-8-17)11-3-2-4-12(19)9-11/h2-6,9-10H,7-8H2,1H3,(H,23,24). The summed E-state index contributed by atoms with van der Waals surface area (Å²) in [5.41, 5.74) is -5.64. The molecule has 0 saturated heterocycles. The number of halogens is 4. The molecule has 1 N–H and O–H groups in total. The van der Waals surface area contributed by atoms with Crippen molar-refractivity contribution in [1.29, 1.82) is 0 Å². The van der Waals surface area contributed by atoms with E-state index in [0.717, 1.165) is 28.2 Å². The smallest absolute Gasteiger partial charge is 0.495 e. The Bertz CT molecular complexity index is 1030. The Balaban J connectivity index is 1.96. The number of sulfone groups is 1. The van der Waals surface area contributed by atoms with Crippen molar-refractivity contribution >= 4 is 37.4 Å². The molecule has 0 radical (unpaired) electrons. The van der Waals surface area contributed by atoms with E-state index in [4.69, 9.17) is 4.74 Å². The fourth-order valence-electron chi connectivity index (χ4n) is 2.89. The van der Waals surface area contributed by atoms with E-state index in [0.29, 0.717) is 12.8 Å². The van der Waals surface area contributed by atoms with Gasteiger partial charge in [0.15, 0.2) is 0 Å². The molecule has 0 atom stereocenters. The summed E-state index contributed by atoms with van der Waals surface area (Å²) in [6.07, 6.45) is 1.14. The Morgan fingerprint density at radius 1 is 1.18 bits per heavy atom. The van der Waals surface area contributed by atoms with E-state index in [9.17, 15) is 26.4 Å². The maximum Gasteiger partial charge on any atom is 0.501 e. The predicted octanol–water partition coefficient (Wildman–Crippen LogP) is 4.42. The number of ether oxygens (including phenoxy) is 1. The number of carbonyl (C=O) groups is 1. The second kappa shape index (κ2) is 7.07. The molecule has 0 unspecified atom stereocenters. The monoisotopic (exact) mass is 477 g/mol. The van der Waals surface area contributed by atoms with Crippen molar-refractivity contribution in [3.05, 3.63) is 52.5 Å². The Morgan fingerprint density at radius 2 is 1.86 bits per heavy atom. The van der Waals surface area contributed by atoms with Crippen molar-refractivity contribution in [1.82, 2.24) is 0 Å². The largest absolute Gasteiger partial charge is 0.501 e. The lowest BCUT2D eigenvalue weighted by Gasteiger charge is -2.18. The molecule has 5 nitrogen and oxygen atoms in total. The minimum absolute atomic E-state index is 0.0551. The zero-order valence-corrected chi connectivity index (χ0v) is 16.9. The summed E-state index contributed by atoms with van der Waals surface area (Å²) in [4.78, 5) is 11.9. The van der Waals surface area contributed by atoms with E-state index >= 15 is 0 Å². The molecule has 1 aliphatic rings. The number of hydrogen-bond donors (Lipinski definition) is 1. The van der Waals surface area contributed by atoms with Crippen molar-refractivity contribution in [2.24, 2.45) is 0 Å². The molecule has 2 aromatic rings. The maximum absolute atomic E-state index is 12.9. The van der Waals surface area contributed by atoms with E-state index in [1.165, 1.54) is 7.11 Å². The van der Waals surface area contributed by atoms with Gasteiger partial charge in [0.1, 0.15) is 5.75 Å². The van der Waals surface area contributed by atoms with Crippen LogP contribution in [0.4, 0.5) is 18.9 Å². The zero-order valence-electron chi connectivity index (χ0n) is 14.5. The van der Waals surface area contributed by atoms with Crippen LogP contribution in [0.3, 0.4) is 0 Å². The number of amides is 1. The summed E-state index contributed by atoms with van der Waals surface area (Å²) >= 11 is 3.35. The van der Waals surface area contributed by atoms with Gasteiger partial charge in [-0.25, -0.2) is 8.42 Å². The number of alkyl halides is 3. The number of anilines is 1. The molecule has 28 heavy (non-hydrogen) atoms. The summed E-state index contributed by atoms with van der Waals surface area (Å²) in [7, 11) is -4.28. The van der Waals surface area contributed by atoms with Gasteiger partial charge in [0.25, 0.3) is 9.84 Å². The summed E-state index contributed by atoms with van der Waals surface area (Å²) < 4.78 is 67.7. The number of methoxy groups -OCH3 is 1. The van der Waals surface area contributed by atoms with E-state index < -0.39 is 31.6 Å². The maximum atomic E-state index is 12.9. The van der Waals surface area contributed by atoms with Gasteiger partial charge in [0.2, 0.25) is 5.91 Å². The van der Waals surface area contributed by atoms with E-state index in [-0.39, 0.29) is 11.4 Å². The Kier molecular flexibility index (Phi) is 5.22. The molecular formula is C18H15BrF3NO4S. The summed E-state index contributed by atoms with van der Waals surface area (Å²) in [6.45, 7) is 0. The average molecular weight is 478 g/mol. The first-order chi connectivity index (χ1) is 13.0. The summed E-state index contributed by atoms with van der Waals surface area (Å²) in [5.74, 6) is -0.384. The molecule has 2 aromatic carbocycles. The Labute approximate surface area is 167 Å². The normalized spacial score (nSPS) is 15.8. The van der Waals surface area contributed by atoms with Crippen LogP contribution in [0.2, 0.25) is 0 Å². The van der Waals surface area contributed by atoms with E-state index in [1.54, 1.807) is 18.2 Å². The zero-order chi connectivity index (χ0) is 20.7. The Hall–Kier alpha value is -2.07. The van der Waals surface area contributed by atoms with Crippen molar-refractivity contribution in [3.8, 4) is 5.75 Å². The minimum atomic E-state index is -5.55. The topological polar surface area (TPSA) is 72.5 Å². The first-order valence-electron chi connectivity index (χ1n) is 8.08. The highest BCUT2D eigenvalue weighted by molar-refractivity contribution is 9.10. The first-order valence-corrected chi connectivity index (χ1v) is 10.4. The molecule has 0 heterocycles. The van der Waals surface area contributed by atoms with E-state index in [1.807, 2.05) is 6.07 Å². The lowest BCUT2D eigenvalue weighted by molar-refractivity contribution is -0.118. The third-order valence-electron chi connectivity index (χ3n) is 4.60. The SMILES string of the molecule is COc1ccc(S(=O)(=O)C(F)(F)F)cc1NC(=O)C1(c2cccc(Br)c2)CC1. The van der Waals surface area contributed by atoms with Crippen LogP contribution in [-0.4, -0.2) is 26.9 Å². The van der Waals surface area contributed by atoms with Crippen LogP contribution in [0.25, 0.3) is 0 Å². The van der Waals surface area contributed by atoms with Crippen LogP contribution >= 0.6 is 15.9 Å². The van der Waals surface area contributed by atoms with E-state index in [2.05, 4.69) is 21.2 Å². The molecule has 1 fully saturated rings. The van der Waals surface area contributed by atoms with Crippen molar-refractivity contribution in [3.63, 3.8) is 0 Å². The van der Waals surface area contributed by atoms with Gasteiger partial charge in [0.05, 0.1) is 23.1 Å². The number of benzene rings is 2. The minimum Gasteiger partial charge on any atom is -0.495 e. The molecule has 1 aliphatic carbocycles. The highest BCUT2D eigenvalue weighted by Crippen LogP contribution is 2.50. The molecular weight excluding hydrogens is 463 g/mol. The second-order valence-electron chi connectivity index (χ2n) is 6.36. The highest BCUT2D eigenvalue weighted by Gasteiger charge is 2.52. The molecule has 1 saturated carbocycles. The third-order valence-corrected chi connectivity index (χ3v) is 6.57. The van der Waals surface area contributed by atoms with Gasteiger partial charge >= 0.3 is 5.51 Å². The molecule has 3 rings (SSSR count). The number of rotatable bonds is 5. The van der Waals surface area contributed by atoms with Crippen molar-refractivity contribution in [2.45, 2.75) is 28.7 Å². The van der Waals surface area contributed by atoms with Crippen molar-refractivity contribution < 1.29 is 31.1 Å². The quantitative estimate of drug-likeness (QED) is 0.691. The number of nitrogens with one attached hydrogen (secondary N) is 1. The molecule has 150 valence electrons. The second-order valence-corrected chi connectivity index (χ2v) is 9.21. The highest BCUT2D eigenvalue weighted by atomic mass is 79.9. The van der Waals surface area contributed by atoms with Gasteiger partial charge in [0, 0.05) is 4.47 Å². The third kappa shape index (κ3) is 3.62. The molecule has 0 aromatic heterocycles. The molecule has 0 aliphatic heterocycles. The van der Waals surface area contributed by atoms with Crippen LogP contribution in [0.15, 0.2) is 51.8 Å². The molecule has 1 amide bonds. The van der Waals surface area contributed by atoms with Crippen LogP contribution in [0, 0.1) is 0 Å². The molecule has 10 heteroatoms. The number of carbonyl (C=O) groups excluding carboxylic acids is 1. The lowest BCUT2D eigenvalue weighted by Crippen LogP contribution is -2.28. The first kappa shape index (κ1) is 20.7. The van der Waals surface area contributed by atoms with Gasteiger partial charge in [-0.15, -0.1) is 0 Å². The molecule has 0 bridgehead atoms. The van der Waals surface area contributed by atoms with Gasteiger partial charge < -0.3 is 10.1 Å². The van der Waals surface area contributed by atoms with Gasteiger partial charge in [-0.3, -0.25) is 4.79 Å². The van der Waals surface area contributed by atoms with Gasteiger partial charge in [-0.1, -0.05) is 28.1 Å².